The van der Waals surface area contributed by atoms with Gasteiger partial charge < -0.3 is 10.2 Å². The third kappa shape index (κ3) is 3.16. The molecule has 1 aliphatic rings. The highest BCUT2D eigenvalue weighted by Gasteiger charge is 2.20. The van der Waals surface area contributed by atoms with E-state index in [0.717, 1.165) is 32.5 Å². The number of halogens is 1. The van der Waals surface area contributed by atoms with E-state index < -0.39 is 0 Å². The lowest BCUT2D eigenvalue weighted by Gasteiger charge is -2.32. The Hall–Kier alpha value is -1.23. The summed E-state index contributed by atoms with van der Waals surface area (Å²) in [6, 6.07) is 0.321. The van der Waals surface area contributed by atoms with E-state index in [1.165, 1.54) is 12.7 Å². The van der Waals surface area contributed by atoms with Gasteiger partial charge in [0.15, 0.2) is 11.6 Å². The maximum Gasteiger partial charge on any atom is 0.186 e. The van der Waals surface area contributed by atoms with Gasteiger partial charge in [0.1, 0.15) is 6.33 Å². The summed E-state index contributed by atoms with van der Waals surface area (Å²) in [5.74, 6) is 0.0185. The third-order valence-electron chi connectivity index (χ3n) is 3.43. The number of nitrogens with one attached hydrogen (secondary N) is 1. The lowest BCUT2D eigenvalue weighted by molar-refractivity contribution is 0.219. The van der Waals surface area contributed by atoms with Gasteiger partial charge in [-0.2, -0.15) is 0 Å². The molecule has 0 unspecified atom stereocenters. The fourth-order valence-electron chi connectivity index (χ4n) is 2.37. The van der Waals surface area contributed by atoms with E-state index in [2.05, 4.69) is 27.1 Å². The van der Waals surface area contributed by atoms with E-state index in [9.17, 15) is 4.39 Å². The van der Waals surface area contributed by atoms with E-state index in [1.54, 1.807) is 6.92 Å². The molecule has 2 heterocycles. The molecule has 5 heteroatoms. The number of anilines is 1. The summed E-state index contributed by atoms with van der Waals surface area (Å²) in [4.78, 5) is 10.3. The van der Waals surface area contributed by atoms with Crippen molar-refractivity contribution in [1.29, 1.82) is 0 Å². The lowest BCUT2D eigenvalue weighted by atomic mass is 10.0. The zero-order chi connectivity index (χ0) is 13.0. The van der Waals surface area contributed by atoms with Crippen LogP contribution in [0.4, 0.5) is 10.2 Å². The highest BCUT2D eigenvalue weighted by Crippen LogP contribution is 2.18. The van der Waals surface area contributed by atoms with Crippen molar-refractivity contribution in [2.45, 2.75) is 39.2 Å². The molecule has 0 amide bonds. The highest BCUT2D eigenvalue weighted by molar-refractivity contribution is 5.38. The normalized spacial score (nSPS) is 17.9. The second kappa shape index (κ2) is 6.09. The molecule has 1 N–H and O–H groups in total. The Morgan fingerprint density at radius 3 is 2.78 bits per heavy atom. The Morgan fingerprint density at radius 2 is 2.11 bits per heavy atom. The van der Waals surface area contributed by atoms with Crippen LogP contribution in [-0.4, -0.2) is 40.5 Å². The molecule has 2 rings (SSSR count). The smallest absolute Gasteiger partial charge is 0.186 e. The first-order chi connectivity index (χ1) is 8.70. The van der Waals surface area contributed by atoms with E-state index in [1.807, 2.05) is 0 Å². The van der Waals surface area contributed by atoms with Crippen LogP contribution in [0.5, 0.6) is 0 Å². The van der Waals surface area contributed by atoms with Gasteiger partial charge in [-0.25, -0.2) is 14.4 Å². The number of aromatic nitrogens is 2. The maximum absolute atomic E-state index is 13.8. The highest BCUT2D eigenvalue weighted by atomic mass is 19.1. The van der Waals surface area contributed by atoms with Crippen LogP contribution in [-0.2, 0) is 0 Å². The molecular weight excluding hydrogens is 231 g/mol. The molecule has 1 saturated heterocycles. The molecule has 1 aliphatic heterocycles. The summed E-state index contributed by atoms with van der Waals surface area (Å²) >= 11 is 0. The van der Waals surface area contributed by atoms with Crippen LogP contribution in [0.3, 0.4) is 0 Å². The molecule has 0 aromatic carbocycles. The van der Waals surface area contributed by atoms with Crippen molar-refractivity contribution >= 4 is 5.82 Å². The van der Waals surface area contributed by atoms with Crippen molar-refractivity contribution in [2.75, 3.05) is 25.0 Å². The molecule has 18 heavy (non-hydrogen) atoms. The van der Waals surface area contributed by atoms with E-state index in [-0.39, 0.29) is 5.82 Å². The molecule has 4 nitrogen and oxygen atoms in total. The summed E-state index contributed by atoms with van der Waals surface area (Å²) in [7, 11) is 0. The van der Waals surface area contributed by atoms with Crippen molar-refractivity contribution in [1.82, 2.24) is 14.9 Å². The summed E-state index contributed by atoms with van der Waals surface area (Å²) in [6.07, 6.45) is 4.69. The second-order valence-corrected chi connectivity index (χ2v) is 4.88. The molecule has 0 saturated carbocycles. The Morgan fingerprint density at radius 1 is 1.39 bits per heavy atom. The number of piperidine rings is 1. The molecule has 100 valence electrons. The zero-order valence-electron chi connectivity index (χ0n) is 11.1. The SMILES string of the molecule is CCCN1CCC(Nc2ncnc(C)c2F)CC1. The first kappa shape index (κ1) is 13.2. The van der Waals surface area contributed by atoms with Crippen molar-refractivity contribution in [2.24, 2.45) is 0 Å². The molecule has 0 aliphatic carbocycles. The van der Waals surface area contributed by atoms with E-state index in [4.69, 9.17) is 0 Å². The quantitative estimate of drug-likeness (QED) is 0.892. The van der Waals surface area contributed by atoms with Gasteiger partial charge in [0.2, 0.25) is 0 Å². The number of nitrogens with zero attached hydrogens (tertiary/aromatic N) is 3. The number of likely N-dealkylation sites (tertiary alicyclic amines) is 1. The molecule has 1 fully saturated rings. The zero-order valence-corrected chi connectivity index (χ0v) is 11.1. The number of rotatable bonds is 4. The van der Waals surface area contributed by atoms with Crippen LogP contribution in [0.15, 0.2) is 6.33 Å². The molecular formula is C13H21FN4. The Kier molecular flexibility index (Phi) is 4.47. The fourth-order valence-corrected chi connectivity index (χ4v) is 2.37. The van der Waals surface area contributed by atoms with Gasteiger partial charge >= 0.3 is 0 Å². The standard InChI is InChI=1S/C13H21FN4/c1-3-6-18-7-4-11(5-8-18)17-13-12(14)10(2)15-9-16-13/h9,11H,3-8H2,1-2H3,(H,15,16,17). The minimum absolute atomic E-state index is 0.321. The molecule has 1 aromatic heterocycles. The van der Waals surface area contributed by atoms with Crippen LogP contribution in [0.25, 0.3) is 0 Å². The van der Waals surface area contributed by atoms with Crippen molar-refractivity contribution in [3.05, 3.63) is 17.8 Å². The number of aryl methyl sites for hydroxylation is 1. The summed E-state index contributed by atoms with van der Waals surface area (Å²) in [5, 5.41) is 3.20. The van der Waals surface area contributed by atoms with Crippen LogP contribution in [0, 0.1) is 12.7 Å². The van der Waals surface area contributed by atoms with Crippen molar-refractivity contribution in [3.8, 4) is 0 Å². The third-order valence-corrected chi connectivity index (χ3v) is 3.43. The van der Waals surface area contributed by atoms with Gasteiger partial charge in [0.25, 0.3) is 0 Å². The van der Waals surface area contributed by atoms with Crippen LogP contribution in [0.2, 0.25) is 0 Å². The van der Waals surface area contributed by atoms with E-state index in [0.29, 0.717) is 17.6 Å². The monoisotopic (exact) mass is 252 g/mol. The summed E-state index contributed by atoms with van der Waals surface area (Å²) in [5.41, 5.74) is 0.399. The predicted molar refractivity (Wildman–Crippen MR) is 70.1 cm³/mol. The van der Waals surface area contributed by atoms with Crippen molar-refractivity contribution < 1.29 is 4.39 Å². The molecule has 0 radical (unpaired) electrons. The number of hydrogen-bond acceptors (Lipinski definition) is 4. The van der Waals surface area contributed by atoms with Gasteiger partial charge in [-0.1, -0.05) is 6.92 Å². The first-order valence-corrected chi connectivity index (χ1v) is 6.66. The minimum Gasteiger partial charge on any atom is -0.365 e. The Bertz CT molecular complexity index is 389. The van der Waals surface area contributed by atoms with Gasteiger partial charge in [-0.15, -0.1) is 0 Å². The Balaban J connectivity index is 1.90. The van der Waals surface area contributed by atoms with Crippen LogP contribution in [0.1, 0.15) is 31.9 Å². The largest absolute Gasteiger partial charge is 0.365 e. The number of hydrogen-bond donors (Lipinski definition) is 1. The Labute approximate surface area is 108 Å². The molecule has 0 spiro atoms. The van der Waals surface area contributed by atoms with Gasteiger partial charge in [0, 0.05) is 19.1 Å². The van der Waals surface area contributed by atoms with Gasteiger partial charge in [-0.3, -0.25) is 0 Å². The van der Waals surface area contributed by atoms with Gasteiger partial charge in [-0.05, 0) is 32.7 Å². The minimum atomic E-state index is -0.325. The average molecular weight is 252 g/mol. The van der Waals surface area contributed by atoms with Crippen LogP contribution < -0.4 is 5.32 Å². The average Bonchev–Trinajstić information content (AvgIpc) is 2.38. The molecule has 1 aromatic rings. The topological polar surface area (TPSA) is 41.0 Å². The molecule has 0 atom stereocenters. The van der Waals surface area contributed by atoms with Crippen LogP contribution >= 0.6 is 0 Å². The van der Waals surface area contributed by atoms with Crippen molar-refractivity contribution in [3.63, 3.8) is 0 Å². The summed E-state index contributed by atoms with van der Waals surface area (Å²) in [6.45, 7) is 7.18. The first-order valence-electron chi connectivity index (χ1n) is 6.66. The fraction of sp³-hybridized carbons (Fsp3) is 0.692. The van der Waals surface area contributed by atoms with E-state index >= 15 is 0 Å². The van der Waals surface area contributed by atoms with Gasteiger partial charge in [0.05, 0.1) is 5.69 Å². The summed E-state index contributed by atoms with van der Waals surface area (Å²) < 4.78 is 13.8. The predicted octanol–water partition coefficient (Wildman–Crippen LogP) is 2.21. The second-order valence-electron chi connectivity index (χ2n) is 4.88. The maximum atomic E-state index is 13.8. The molecule has 0 bridgehead atoms. The lowest BCUT2D eigenvalue weighted by Crippen LogP contribution is -2.39.